The second kappa shape index (κ2) is 7.82. The van der Waals surface area contributed by atoms with Crippen LogP contribution in [-0.4, -0.2) is 5.54 Å². The molecule has 0 atom stereocenters. The van der Waals surface area contributed by atoms with Crippen LogP contribution in [-0.2, 0) is 19.9 Å². The first kappa shape index (κ1) is 23.4. The molecule has 35 heavy (non-hydrogen) atoms. The summed E-state index contributed by atoms with van der Waals surface area (Å²) in [6.45, 7) is 23.1. The minimum Gasteiger partial charge on any atom is -0.449 e. The molecule has 1 aliphatic rings. The fourth-order valence-electron chi connectivity index (χ4n) is 5.60. The van der Waals surface area contributed by atoms with Gasteiger partial charge in [-0.05, 0) is 59.9 Å². The van der Waals surface area contributed by atoms with E-state index in [9.17, 15) is 0 Å². The van der Waals surface area contributed by atoms with Gasteiger partial charge in [-0.15, -0.1) is 0 Å². The zero-order chi connectivity index (χ0) is 25.3. The Morgan fingerprint density at radius 3 is 2.37 bits per heavy atom. The highest BCUT2D eigenvalue weighted by atomic mass is 16.5. The average molecular weight is 464 g/mol. The number of rotatable bonds is 3. The summed E-state index contributed by atoms with van der Waals surface area (Å²) in [4.78, 5) is 3.95. The molecule has 0 aliphatic carbocycles. The predicted molar refractivity (Wildman–Crippen MR) is 145 cm³/mol. The number of hydrogen-bond donors (Lipinski definition) is 0. The van der Waals surface area contributed by atoms with Crippen LogP contribution in [0.3, 0.4) is 0 Å². The van der Waals surface area contributed by atoms with E-state index in [-0.39, 0.29) is 5.41 Å². The largest absolute Gasteiger partial charge is 0.449 e. The van der Waals surface area contributed by atoms with Crippen molar-refractivity contribution in [1.29, 1.82) is 0 Å². The van der Waals surface area contributed by atoms with Gasteiger partial charge in [-0.2, -0.15) is 4.57 Å². The molecule has 3 nitrogen and oxygen atoms in total. The van der Waals surface area contributed by atoms with Crippen molar-refractivity contribution in [2.24, 2.45) is 12.5 Å². The first-order chi connectivity index (χ1) is 16.4. The normalized spacial score (nSPS) is 13.0. The van der Waals surface area contributed by atoms with Crippen LogP contribution in [0.15, 0.2) is 42.5 Å². The van der Waals surface area contributed by atoms with Gasteiger partial charge in [-0.1, -0.05) is 45.0 Å². The third-order valence-electron chi connectivity index (χ3n) is 7.29. The molecule has 178 valence electrons. The van der Waals surface area contributed by atoms with E-state index >= 15 is 0 Å². The highest BCUT2D eigenvalue weighted by molar-refractivity contribution is 6.06. The number of hydrogen-bond acceptors (Lipinski definition) is 1. The Morgan fingerprint density at radius 2 is 1.69 bits per heavy atom. The van der Waals surface area contributed by atoms with Crippen LogP contribution >= 0.6 is 0 Å². The molecular formula is C32H35N2O+. The first-order valence-corrected chi connectivity index (χ1v) is 12.5. The number of para-hydroxylation sites is 1. The third kappa shape index (κ3) is 3.86. The van der Waals surface area contributed by atoms with E-state index in [1.54, 1.807) is 0 Å². The minimum absolute atomic E-state index is 0.184. The van der Waals surface area contributed by atoms with Crippen LogP contribution in [0.25, 0.3) is 37.8 Å². The number of aryl methyl sites for hydroxylation is 2. The summed E-state index contributed by atoms with van der Waals surface area (Å²) in [5.41, 5.74) is 8.18. The van der Waals surface area contributed by atoms with Crippen molar-refractivity contribution in [2.45, 2.75) is 66.8 Å². The summed E-state index contributed by atoms with van der Waals surface area (Å²) in [5.74, 6) is 1.84. The summed E-state index contributed by atoms with van der Waals surface area (Å²) in [6, 6.07) is 15.4. The highest BCUT2D eigenvalue weighted by Crippen LogP contribution is 2.51. The van der Waals surface area contributed by atoms with Crippen LogP contribution in [0.1, 0.15) is 56.9 Å². The molecule has 0 N–H and O–H groups in total. The molecule has 0 saturated heterocycles. The van der Waals surface area contributed by atoms with Gasteiger partial charge in [-0.25, -0.2) is 6.57 Å². The Labute approximate surface area is 209 Å². The van der Waals surface area contributed by atoms with Crippen LogP contribution in [0, 0.1) is 25.8 Å². The Hall–Kier alpha value is -3.38. The van der Waals surface area contributed by atoms with Gasteiger partial charge < -0.3 is 9.58 Å². The molecule has 0 unspecified atom stereocenters. The monoisotopic (exact) mass is 463 g/mol. The van der Waals surface area contributed by atoms with Gasteiger partial charge in [0, 0.05) is 30.9 Å². The summed E-state index contributed by atoms with van der Waals surface area (Å²) < 4.78 is 9.17. The second-order valence-electron chi connectivity index (χ2n) is 12.1. The van der Waals surface area contributed by atoms with E-state index in [0.29, 0.717) is 6.42 Å². The Balaban J connectivity index is 1.92. The van der Waals surface area contributed by atoms with Gasteiger partial charge in [0.05, 0.1) is 17.4 Å². The highest BCUT2D eigenvalue weighted by Gasteiger charge is 2.37. The van der Waals surface area contributed by atoms with E-state index in [4.69, 9.17) is 11.3 Å². The zero-order valence-electron chi connectivity index (χ0n) is 22.3. The molecule has 1 aliphatic heterocycles. The summed E-state index contributed by atoms with van der Waals surface area (Å²) in [5, 5.41) is 3.59. The first-order valence-electron chi connectivity index (χ1n) is 12.5. The van der Waals surface area contributed by atoms with Gasteiger partial charge in [0.2, 0.25) is 16.8 Å². The van der Waals surface area contributed by atoms with E-state index in [2.05, 4.69) is 93.5 Å². The van der Waals surface area contributed by atoms with Crippen molar-refractivity contribution in [3.05, 3.63) is 76.1 Å². The SMILES string of the molecule is [C-]#[N+]C(C)(C)Cc1c2c([n+](C)c3ccccc13)-c1c(C)c(C)cc3cc(CC(C)(C)C)cc(c13)O2. The molecule has 3 aromatic carbocycles. The quantitative estimate of drug-likeness (QED) is 0.195. The Bertz CT molecular complexity index is 1560. The molecule has 3 heteroatoms. The molecule has 4 aromatic rings. The lowest BCUT2D eigenvalue weighted by Crippen LogP contribution is -2.35. The van der Waals surface area contributed by atoms with E-state index < -0.39 is 5.54 Å². The Kier molecular flexibility index (Phi) is 5.22. The van der Waals surface area contributed by atoms with E-state index in [1.165, 1.54) is 33.0 Å². The van der Waals surface area contributed by atoms with Crippen molar-refractivity contribution in [3.63, 3.8) is 0 Å². The van der Waals surface area contributed by atoms with Crippen LogP contribution < -0.4 is 9.30 Å². The van der Waals surface area contributed by atoms with Gasteiger partial charge >= 0.3 is 0 Å². The fraction of sp³-hybridized carbons (Fsp3) is 0.375. The van der Waals surface area contributed by atoms with Crippen molar-refractivity contribution >= 4 is 21.7 Å². The molecule has 5 rings (SSSR count). The number of fused-ring (bicyclic) bond motifs is 3. The summed E-state index contributed by atoms with van der Waals surface area (Å²) in [7, 11) is 2.14. The van der Waals surface area contributed by atoms with Crippen molar-refractivity contribution in [3.8, 4) is 22.8 Å². The Morgan fingerprint density at radius 1 is 0.971 bits per heavy atom. The standard InChI is InChI=1S/C32H35N2O/c1-19-14-22-15-21(17-31(3,4)5)16-26-28(22)27(20(19)2)29-30(35-26)24(18-32(6,7)33-8)23-12-10-11-13-25(23)34(29)9/h10-16H,17-18H2,1-7,9H3/q+1. The van der Waals surface area contributed by atoms with Crippen LogP contribution in [0.5, 0.6) is 11.5 Å². The maximum Gasteiger partial charge on any atom is 0.257 e. The predicted octanol–water partition coefficient (Wildman–Crippen LogP) is 8.04. The van der Waals surface area contributed by atoms with Crippen LogP contribution in [0.2, 0.25) is 0 Å². The van der Waals surface area contributed by atoms with Gasteiger partial charge in [0.25, 0.3) is 5.69 Å². The molecule has 0 radical (unpaired) electrons. The maximum absolute atomic E-state index is 7.81. The van der Waals surface area contributed by atoms with Crippen molar-refractivity contribution < 1.29 is 9.30 Å². The summed E-state index contributed by atoms with van der Waals surface area (Å²) >= 11 is 0. The van der Waals surface area contributed by atoms with Crippen molar-refractivity contribution in [2.75, 3.05) is 0 Å². The molecule has 0 amide bonds. The van der Waals surface area contributed by atoms with E-state index in [1.807, 2.05) is 13.8 Å². The molecule has 2 heterocycles. The number of benzene rings is 3. The second-order valence-corrected chi connectivity index (χ2v) is 12.1. The van der Waals surface area contributed by atoms with Crippen LogP contribution in [0.4, 0.5) is 0 Å². The smallest absolute Gasteiger partial charge is 0.257 e. The minimum atomic E-state index is -0.523. The lowest BCUT2D eigenvalue weighted by Gasteiger charge is -2.27. The average Bonchev–Trinajstić information content (AvgIpc) is 2.78. The third-order valence-corrected chi connectivity index (χ3v) is 7.29. The zero-order valence-corrected chi connectivity index (χ0v) is 22.3. The molecular weight excluding hydrogens is 428 g/mol. The van der Waals surface area contributed by atoms with E-state index in [0.717, 1.165) is 40.1 Å². The maximum atomic E-state index is 7.81. The number of nitrogens with zero attached hydrogens (tertiary/aromatic N) is 2. The fourth-order valence-corrected chi connectivity index (χ4v) is 5.60. The molecule has 0 saturated carbocycles. The molecule has 1 aromatic heterocycles. The number of pyridine rings is 1. The van der Waals surface area contributed by atoms with Crippen molar-refractivity contribution in [1.82, 2.24) is 0 Å². The molecule has 0 bridgehead atoms. The van der Waals surface area contributed by atoms with Gasteiger partial charge in [0.15, 0.2) is 0 Å². The lowest BCUT2D eigenvalue weighted by atomic mass is 9.84. The number of ether oxygens (including phenoxy) is 1. The van der Waals surface area contributed by atoms with Gasteiger partial charge in [0.1, 0.15) is 12.8 Å². The summed E-state index contributed by atoms with van der Waals surface area (Å²) in [6.07, 6.45) is 1.61. The number of aromatic nitrogens is 1. The molecule has 0 spiro atoms. The van der Waals surface area contributed by atoms with Gasteiger partial charge in [-0.3, -0.25) is 0 Å². The topological polar surface area (TPSA) is 17.5 Å². The lowest BCUT2D eigenvalue weighted by molar-refractivity contribution is -0.633. The molecule has 0 fully saturated rings.